The van der Waals surface area contributed by atoms with Gasteiger partial charge in [0, 0.05) is 31.6 Å². The summed E-state index contributed by atoms with van der Waals surface area (Å²) in [4.78, 5) is 14.8. The van der Waals surface area contributed by atoms with Crippen LogP contribution >= 0.6 is 0 Å². The molecule has 1 amide bonds. The van der Waals surface area contributed by atoms with Gasteiger partial charge in [-0.3, -0.25) is 4.79 Å². The number of carbonyl (C=O) groups is 1. The first-order valence-electron chi connectivity index (χ1n) is 9.90. The minimum Gasteiger partial charge on any atom is -0.389 e. The molecule has 4 heteroatoms. The van der Waals surface area contributed by atoms with Crippen molar-refractivity contribution in [3.05, 3.63) is 0 Å². The van der Waals surface area contributed by atoms with Crippen LogP contribution in [0.15, 0.2) is 0 Å². The average molecular weight is 320 g/mol. The Morgan fingerprint density at radius 1 is 1.00 bits per heavy atom. The quantitative estimate of drug-likeness (QED) is 0.836. The Kier molecular flexibility index (Phi) is 4.39. The fraction of sp³-hybridized carbons (Fsp3) is 0.947. The van der Waals surface area contributed by atoms with E-state index in [2.05, 4.69) is 10.2 Å². The van der Waals surface area contributed by atoms with Gasteiger partial charge in [-0.15, -0.1) is 0 Å². The highest BCUT2D eigenvalue weighted by Crippen LogP contribution is 2.57. The molecule has 4 fully saturated rings. The van der Waals surface area contributed by atoms with Gasteiger partial charge in [0.2, 0.25) is 5.91 Å². The van der Waals surface area contributed by atoms with Crippen LogP contribution in [0.2, 0.25) is 0 Å². The number of hydrogen-bond acceptors (Lipinski definition) is 3. The lowest BCUT2D eigenvalue weighted by molar-refractivity contribution is -0.124. The molecule has 130 valence electrons. The van der Waals surface area contributed by atoms with Crippen molar-refractivity contribution in [3.8, 4) is 0 Å². The second-order valence-corrected chi connectivity index (χ2v) is 8.63. The number of β-amino-alcohol motifs (C(OH)–C–C–N with tert-alkyl or cyclic N) is 1. The van der Waals surface area contributed by atoms with Gasteiger partial charge in [0.15, 0.2) is 0 Å². The molecule has 2 atom stereocenters. The standard InChI is InChI=1S/C19H32N2O2/c22-18(17-15-5-4-6-16(15)17)20-14-7-11-21(12-8-14)13-19(23)9-2-1-3-10-19/h14-17,23H,1-13H2,(H,20,22). The summed E-state index contributed by atoms with van der Waals surface area (Å²) in [5, 5.41) is 14.0. The molecule has 0 bridgehead atoms. The van der Waals surface area contributed by atoms with Crippen LogP contribution in [0, 0.1) is 17.8 Å². The number of hydrogen-bond donors (Lipinski definition) is 2. The molecule has 1 aliphatic heterocycles. The van der Waals surface area contributed by atoms with Crippen LogP contribution in [-0.2, 0) is 4.79 Å². The number of amides is 1. The Balaban J connectivity index is 1.19. The monoisotopic (exact) mass is 320 g/mol. The van der Waals surface area contributed by atoms with E-state index in [9.17, 15) is 9.90 Å². The zero-order chi connectivity index (χ0) is 15.9. The van der Waals surface area contributed by atoms with Crippen LogP contribution in [0.4, 0.5) is 0 Å². The van der Waals surface area contributed by atoms with Gasteiger partial charge >= 0.3 is 0 Å². The zero-order valence-corrected chi connectivity index (χ0v) is 14.3. The maximum atomic E-state index is 12.4. The van der Waals surface area contributed by atoms with Gasteiger partial charge in [-0.25, -0.2) is 0 Å². The predicted molar refractivity (Wildman–Crippen MR) is 90.0 cm³/mol. The molecular weight excluding hydrogens is 288 g/mol. The molecule has 0 spiro atoms. The van der Waals surface area contributed by atoms with Gasteiger partial charge in [0.25, 0.3) is 0 Å². The van der Waals surface area contributed by atoms with E-state index in [0.29, 0.717) is 17.9 Å². The van der Waals surface area contributed by atoms with Crippen molar-refractivity contribution in [3.63, 3.8) is 0 Å². The summed E-state index contributed by atoms with van der Waals surface area (Å²) in [5.41, 5.74) is -0.445. The summed E-state index contributed by atoms with van der Waals surface area (Å²) in [6.45, 7) is 2.87. The van der Waals surface area contributed by atoms with Crippen molar-refractivity contribution in [2.45, 2.75) is 75.9 Å². The molecule has 4 nitrogen and oxygen atoms in total. The zero-order valence-electron chi connectivity index (χ0n) is 14.3. The number of nitrogens with one attached hydrogen (secondary N) is 1. The number of carbonyl (C=O) groups excluding carboxylic acids is 1. The van der Waals surface area contributed by atoms with Crippen LogP contribution in [0.3, 0.4) is 0 Å². The van der Waals surface area contributed by atoms with E-state index in [1.807, 2.05) is 0 Å². The van der Waals surface area contributed by atoms with E-state index in [1.54, 1.807) is 0 Å². The summed E-state index contributed by atoms with van der Waals surface area (Å²) in [7, 11) is 0. The number of likely N-dealkylation sites (tertiary alicyclic amines) is 1. The van der Waals surface area contributed by atoms with Gasteiger partial charge in [0.05, 0.1) is 5.60 Å². The van der Waals surface area contributed by atoms with E-state index in [-0.39, 0.29) is 0 Å². The molecule has 4 aliphatic rings. The van der Waals surface area contributed by atoms with Crippen molar-refractivity contribution in [1.29, 1.82) is 0 Å². The predicted octanol–water partition coefficient (Wildman–Crippen LogP) is 2.31. The summed E-state index contributed by atoms with van der Waals surface area (Å²) in [6, 6.07) is 0.362. The molecule has 0 radical (unpaired) electrons. The second kappa shape index (κ2) is 6.36. The van der Waals surface area contributed by atoms with Crippen molar-refractivity contribution < 1.29 is 9.90 Å². The fourth-order valence-electron chi connectivity index (χ4n) is 5.53. The molecule has 2 unspecified atom stereocenters. The van der Waals surface area contributed by atoms with Gasteiger partial charge in [-0.05, 0) is 50.4 Å². The lowest BCUT2D eigenvalue weighted by Gasteiger charge is -2.40. The number of nitrogens with zero attached hydrogens (tertiary/aromatic N) is 1. The Morgan fingerprint density at radius 3 is 2.30 bits per heavy atom. The minimum absolute atomic E-state index is 0.337. The molecule has 3 saturated carbocycles. The summed E-state index contributed by atoms with van der Waals surface area (Å²) in [6.07, 6.45) is 11.5. The molecule has 0 aromatic rings. The van der Waals surface area contributed by atoms with Gasteiger partial charge in [0.1, 0.15) is 0 Å². The van der Waals surface area contributed by atoms with Crippen LogP contribution in [0.25, 0.3) is 0 Å². The van der Waals surface area contributed by atoms with Crippen LogP contribution < -0.4 is 5.32 Å². The topological polar surface area (TPSA) is 52.6 Å². The summed E-state index contributed by atoms with van der Waals surface area (Å²) in [5.74, 6) is 2.13. The smallest absolute Gasteiger partial charge is 0.223 e. The fourth-order valence-corrected chi connectivity index (χ4v) is 5.53. The van der Waals surface area contributed by atoms with Gasteiger partial charge in [-0.1, -0.05) is 25.7 Å². The number of piperidine rings is 1. The minimum atomic E-state index is -0.445. The van der Waals surface area contributed by atoms with Crippen molar-refractivity contribution >= 4 is 5.91 Å². The summed E-state index contributed by atoms with van der Waals surface area (Å²) < 4.78 is 0. The van der Waals surface area contributed by atoms with Crippen molar-refractivity contribution in [2.24, 2.45) is 17.8 Å². The first-order valence-corrected chi connectivity index (χ1v) is 9.90. The molecular formula is C19H32N2O2. The van der Waals surface area contributed by atoms with Crippen LogP contribution in [0.1, 0.15) is 64.2 Å². The largest absolute Gasteiger partial charge is 0.389 e. The maximum Gasteiger partial charge on any atom is 0.223 e. The first kappa shape index (κ1) is 15.9. The molecule has 2 N–H and O–H groups in total. The first-order chi connectivity index (χ1) is 11.1. The van der Waals surface area contributed by atoms with Gasteiger partial charge in [-0.2, -0.15) is 0 Å². The molecule has 0 aromatic heterocycles. The second-order valence-electron chi connectivity index (χ2n) is 8.63. The lowest BCUT2D eigenvalue weighted by Crippen LogP contribution is -2.50. The van der Waals surface area contributed by atoms with Crippen LogP contribution in [0.5, 0.6) is 0 Å². The third kappa shape index (κ3) is 3.43. The molecule has 1 saturated heterocycles. The molecule has 0 aromatic carbocycles. The van der Waals surface area contributed by atoms with Gasteiger partial charge < -0.3 is 15.3 Å². The third-order valence-electron chi connectivity index (χ3n) is 6.95. The number of aliphatic hydroxyl groups is 1. The summed E-state index contributed by atoms with van der Waals surface area (Å²) >= 11 is 0. The Labute approximate surface area is 140 Å². The van der Waals surface area contributed by atoms with Crippen molar-refractivity contribution in [1.82, 2.24) is 10.2 Å². The Bertz CT molecular complexity index is 429. The van der Waals surface area contributed by atoms with E-state index < -0.39 is 5.60 Å². The molecule has 1 heterocycles. The van der Waals surface area contributed by atoms with E-state index in [0.717, 1.165) is 57.2 Å². The molecule has 23 heavy (non-hydrogen) atoms. The highest BCUT2D eigenvalue weighted by molar-refractivity contribution is 5.82. The van der Waals surface area contributed by atoms with E-state index in [1.165, 1.54) is 38.5 Å². The SMILES string of the molecule is O=C(NC1CCN(CC2(O)CCCCC2)CC1)C1C2CCCC21. The van der Waals surface area contributed by atoms with Crippen LogP contribution in [-0.4, -0.2) is 47.2 Å². The Hall–Kier alpha value is -0.610. The number of fused-ring (bicyclic) bond motifs is 1. The molecule has 3 aliphatic carbocycles. The van der Waals surface area contributed by atoms with E-state index >= 15 is 0 Å². The third-order valence-corrected chi connectivity index (χ3v) is 6.95. The average Bonchev–Trinajstić information content (AvgIpc) is 3.03. The highest BCUT2D eigenvalue weighted by Gasteiger charge is 2.56. The normalized spacial score (nSPS) is 37.3. The number of rotatable bonds is 4. The lowest BCUT2D eigenvalue weighted by atomic mass is 9.84. The van der Waals surface area contributed by atoms with Crippen molar-refractivity contribution in [2.75, 3.05) is 19.6 Å². The van der Waals surface area contributed by atoms with E-state index in [4.69, 9.17) is 0 Å². The highest BCUT2D eigenvalue weighted by atomic mass is 16.3. The maximum absolute atomic E-state index is 12.4. The molecule has 4 rings (SSSR count). The Morgan fingerprint density at radius 2 is 1.65 bits per heavy atom.